The van der Waals surface area contributed by atoms with Crippen LogP contribution in [0, 0.1) is 6.92 Å². The Morgan fingerprint density at radius 1 is 0.884 bits per heavy atom. The van der Waals surface area contributed by atoms with Crippen LogP contribution in [0.2, 0.25) is 0 Å². The molecule has 9 nitrogen and oxygen atoms in total. The van der Waals surface area contributed by atoms with Crippen LogP contribution in [-0.4, -0.2) is 30.8 Å². The summed E-state index contributed by atoms with van der Waals surface area (Å²) in [7, 11) is 0. The van der Waals surface area contributed by atoms with E-state index in [4.69, 9.17) is 14.2 Å². The monoisotopic (exact) mass is 703 g/mol. The fourth-order valence-corrected chi connectivity index (χ4v) is 5.38. The van der Waals surface area contributed by atoms with Crippen molar-refractivity contribution >= 4 is 61.9 Å². The first kappa shape index (κ1) is 29.7. The van der Waals surface area contributed by atoms with Crippen molar-refractivity contribution in [2.75, 3.05) is 6.79 Å². The number of benzene rings is 4. The third-order valence-electron chi connectivity index (χ3n) is 6.09. The Hall–Kier alpha value is -4.74. The lowest BCUT2D eigenvalue weighted by atomic mass is 10.1. The molecule has 0 unspecified atom stereocenters. The molecule has 0 saturated carbocycles. The van der Waals surface area contributed by atoms with Gasteiger partial charge in [-0.1, -0.05) is 57.9 Å². The number of hydrogen-bond acceptors (Lipinski definition) is 7. The number of amides is 2. The summed E-state index contributed by atoms with van der Waals surface area (Å²) in [6.45, 7) is 1.98. The van der Waals surface area contributed by atoms with Crippen molar-refractivity contribution < 1.29 is 28.6 Å². The van der Waals surface area contributed by atoms with Crippen LogP contribution in [0.4, 0.5) is 0 Å². The summed E-state index contributed by atoms with van der Waals surface area (Å²) in [6.07, 6.45) is 2.84. The highest BCUT2D eigenvalue weighted by atomic mass is 79.9. The molecule has 0 spiro atoms. The minimum atomic E-state index is -0.689. The molecule has 4 aromatic carbocycles. The second-order valence-electron chi connectivity index (χ2n) is 9.25. The summed E-state index contributed by atoms with van der Waals surface area (Å²) in [5.41, 5.74) is 5.04. The molecule has 1 aliphatic rings. The normalized spacial score (nSPS) is 12.2. The molecule has 2 amide bonds. The molecule has 0 bridgehead atoms. The van der Waals surface area contributed by atoms with Crippen LogP contribution in [0.15, 0.2) is 105 Å². The summed E-state index contributed by atoms with van der Waals surface area (Å²) in [5, 5.41) is 6.74. The number of nitrogens with one attached hydrogen (secondary N) is 2. The second kappa shape index (κ2) is 13.5. The molecule has 4 aromatic rings. The van der Waals surface area contributed by atoms with E-state index in [-0.39, 0.29) is 18.2 Å². The van der Waals surface area contributed by atoms with Crippen LogP contribution in [-0.2, 0) is 4.79 Å². The minimum absolute atomic E-state index is 0.0635. The molecule has 2 N–H and O–H groups in total. The number of rotatable bonds is 8. The van der Waals surface area contributed by atoms with E-state index in [1.54, 1.807) is 78.9 Å². The van der Waals surface area contributed by atoms with Crippen molar-refractivity contribution in [3.63, 3.8) is 0 Å². The van der Waals surface area contributed by atoms with Crippen molar-refractivity contribution in [2.24, 2.45) is 5.10 Å². The summed E-state index contributed by atoms with van der Waals surface area (Å²) in [5.74, 6) is -0.406. The van der Waals surface area contributed by atoms with Crippen molar-refractivity contribution in [3.05, 3.63) is 127 Å². The molecule has 1 heterocycles. The topological polar surface area (TPSA) is 115 Å². The molecule has 0 atom stereocenters. The van der Waals surface area contributed by atoms with Crippen LogP contribution in [0.5, 0.6) is 17.2 Å². The highest BCUT2D eigenvalue weighted by Crippen LogP contribution is 2.34. The SMILES string of the molecule is Cc1cccc(C(=O)Oc2c(Br)cc(Br)cc2/C=N\NC(=O)/C(=C/c2ccc3c(c2)OCO3)NC(=O)c2ccccc2)c1. The van der Waals surface area contributed by atoms with Crippen LogP contribution in [0.1, 0.15) is 37.4 Å². The number of halogens is 2. The quantitative estimate of drug-likeness (QED) is 0.0723. The third kappa shape index (κ3) is 7.56. The van der Waals surface area contributed by atoms with E-state index in [9.17, 15) is 14.4 Å². The molecule has 11 heteroatoms. The summed E-state index contributed by atoms with van der Waals surface area (Å²) in [4.78, 5) is 39.1. The van der Waals surface area contributed by atoms with Gasteiger partial charge in [-0.2, -0.15) is 5.10 Å². The van der Waals surface area contributed by atoms with Gasteiger partial charge in [-0.25, -0.2) is 10.2 Å². The fraction of sp³-hybridized carbons (Fsp3) is 0.0625. The number of hydrogen-bond donors (Lipinski definition) is 2. The van der Waals surface area contributed by atoms with Crippen molar-refractivity contribution in [3.8, 4) is 17.2 Å². The largest absolute Gasteiger partial charge is 0.454 e. The van der Waals surface area contributed by atoms with Gasteiger partial charge in [-0.3, -0.25) is 9.59 Å². The Bertz CT molecular complexity index is 1770. The van der Waals surface area contributed by atoms with Gasteiger partial charge in [0.25, 0.3) is 11.8 Å². The lowest BCUT2D eigenvalue weighted by Crippen LogP contribution is -2.32. The van der Waals surface area contributed by atoms with Crippen molar-refractivity contribution in [1.29, 1.82) is 0 Å². The van der Waals surface area contributed by atoms with Gasteiger partial charge in [0, 0.05) is 15.6 Å². The zero-order valence-electron chi connectivity index (χ0n) is 22.6. The molecule has 0 radical (unpaired) electrons. The first-order valence-corrected chi connectivity index (χ1v) is 14.4. The highest BCUT2D eigenvalue weighted by molar-refractivity contribution is 9.11. The van der Waals surface area contributed by atoms with E-state index in [1.807, 2.05) is 13.0 Å². The van der Waals surface area contributed by atoms with Gasteiger partial charge < -0.3 is 19.5 Å². The Morgan fingerprint density at radius 2 is 1.65 bits per heavy atom. The first-order valence-electron chi connectivity index (χ1n) is 12.9. The van der Waals surface area contributed by atoms with E-state index < -0.39 is 17.8 Å². The van der Waals surface area contributed by atoms with Crippen LogP contribution in [0.3, 0.4) is 0 Å². The molecular weight excluding hydrogens is 682 g/mol. The zero-order valence-corrected chi connectivity index (χ0v) is 25.8. The number of carbonyl (C=O) groups excluding carboxylic acids is 3. The average molecular weight is 705 g/mol. The van der Waals surface area contributed by atoms with Gasteiger partial charge in [0.2, 0.25) is 6.79 Å². The molecule has 0 fully saturated rings. The number of nitrogens with zero attached hydrogens (tertiary/aromatic N) is 1. The van der Waals surface area contributed by atoms with Gasteiger partial charge in [-0.15, -0.1) is 0 Å². The molecule has 0 saturated heterocycles. The second-order valence-corrected chi connectivity index (χ2v) is 11.0. The van der Waals surface area contributed by atoms with Crippen LogP contribution in [0.25, 0.3) is 6.08 Å². The lowest BCUT2D eigenvalue weighted by molar-refractivity contribution is -0.117. The van der Waals surface area contributed by atoms with E-state index >= 15 is 0 Å². The van der Waals surface area contributed by atoms with Crippen LogP contribution < -0.4 is 25.0 Å². The number of hydrazone groups is 1. The maximum Gasteiger partial charge on any atom is 0.343 e. The first-order chi connectivity index (χ1) is 20.8. The Labute approximate surface area is 263 Å². The van der Waals surface area contributed by atoms with E-state index in [0.717, 1.165) is 5.56 Å². The van der Waals surface area contributed by atoms with Gasteiger partial charge in [0.1, 0.15) is 5.70 Å². The molecule has 216 valence electrons. The highest BCUT2D eigenvalue weighted by Gasteiger charge is 2.18. The molecule has 43 heavy (non-hydrogen) atoms. The predicted octanol–water partition coefficient (Wildman–Crippen LogP) is 6.39. The maximum absolute atomic E-state index is 13.3. The van der Waals surface area contributed by atoms with Gasteiger partial charge in [-0.05, 0) is 83.0 Å². The molecular formula is C32H23Br2N3O6. The number of esters is 1. The van der Waals surface area contributed by atoms with Crippen LogP contribution >= 0.6 is 31.9 Å². The smallest absolute Gasteiger partial charge is 0.343 e. The predicted molar refractivity (Wildman–Crippen MR) is 168 cm³/mol. The van der Waals surface area contributed by atoms with E-state index in [1.165, 1.54) is 12.3 Å². The van der Waals surface area contributed by atoms with Gasteiger partial charge in [0.05, 0.1) is 16.3 Å². The molecule has 1 aliphatic heterocycles. The summed E-state index contributed by atoms with van der Waals surface area (Å²) < 4.78 is 17.7. The Morgan fingerprint density at radius 3 is 2.44 bits per heavy atom. The fourth-order valence-electron chi connectivity index (χ4n) is 4.04. The number of ether oxygens (including phenoxy) is 3. The maximum atomic E-state index is 13.3. The molecule has 5 rings (SSSR count). The van der Waals surface area contributed by atoms with Crippen molar-refractivity contribution in [1.82, 2.24) is 10.7 Å². The lowest BCUT2D eigenvalue weighted by Gasteiger charge is -2.11. The zero-order chi connectivity index (χ0) is 30.3. The number of fused-ring (bicyclic) bond motifs is 1. The number of aryl methyl sites for hydroxylation is 1. The van der Waals surface area contributed by atoms with Gasteiger partial charge >= 0.3 is 5.97 Å². The van der Waals surface area contributed by atoms with Crippen molar-refractivity contribution in [2.45, 2.75) is 6.92 Å². The minimum Gasteiger partial charge on any atom is -0.454 e. The standard InChI is InChI=1S/C32H23Br2N3O6/c1-19-6-5-9-22(12-19)32(40)43-29-23(15-24(33)16-25(29)34)17-35-37-31(39)26(36-30(38)21-7-3-2-4-8-21)13-20-10-11-27-28(14-20)42-18-41-27/h2-17H,18H2,1H3,(H,36,38)(H,37,39)/b26-13-,35-17-. The molecule has 0 aromatic heterocycles. The van der Waals surface area contributed by atoms with Gasteiger partial charge in [0.15, 0.2) is 17.2 Å². The number of carbonyl (C=O) groups is 3. The summed E-state index contributed by atoms with van der Waals surface area (Å²) >= 11 is 6.86. The Kier molecular flexibility index (Phi) is 9.33. The third-order valence-corrected chi connectivity index (χ3v) is 7.14. The summed E-state index contributed by atoms with van der Waals surface area (Å²) in [6, 6.07) is 24.1. The Balaban J connectivity index is 1.38. The van der Waals surface area contributed by atoms with E-state index in [0.29, 0.717) is 42.7 Å². The van der Waals surface area contributed by atoms with E-state index in [2.05, 4.69) is 47.7 Å². The molecule has 0 aliphatic carbocycles. The average Bonchev–Trinajstić information content (AvgIpc) is 3.47.